The average Bonchev–Trinajstić information content (AvgIpc) is 2.45. The summed E-state index contributed by atoms with van der Waals surface area (Å²) in [6.45, 7) is 6.86. The lowest BCUT2D eigenvalue weighted by atomic mass is 9.77. The lowest BCUT2D eigenvalue weighted by Crippen LogP contribution is -2.18. The van der Waals surface area contributed by atoms with Gasteiger partial charge in [0.25, 0.3) is 0 Å². The van der Waals surface area contributed by atoms with Gasteiger partial charge in [0, 0.05) is 0 Å². The Morgan fingerprint density at radius 2 is 1.84 bits per heavy atom. The fourth-order valence-electron chi connectivity index (χ4n) is 2.36. The predicted octanol–water partition coefficient (Wildman–Crippen LogP) is 4.62. The summed E-state index contributed by atoms with van der Waals surface area (Å²) in [4.78, 5) is 11.4. The van der Waals surface area contributed by atoms with E-state index in [0.717, 1.165) is 6.42 Å². The van der Waals surface area contributed by atoms with Gasteiger partial charge in [0.2, 0.25) is 0 Å². The van der Waals surface area contributed by atoms with Crippen LogP contribution in [-0.2, 0) is 11.2 Å². The lowest BCUT2D eigenvalue weighted by Gasteiger charge is -2.28. The molecule has 0 spiro atoms. The van der Waals surface area contributed by atoms with E-state index >= 15 is 0 Å². The molecule has 1 rings (SSSR count). The molecule has 0 fully saturated rings. The maximum atomic E-state index is 11.4. The van der Waals surface area contributed by atoms with Gasteiger partial charge in [0.15, 0.2) is 0 Å². The molecule has 0 bridgehead atoms. The van der Waals surface area contributed by atoms with Crippen LogP contribution in [0.5, 0.6) is 0 Å². The number of benzene rings is 1. The van der Waals surface area contributed by atoms with Crippen molar-refractivity contribution in [2.24, 2.45) is 5.41 Å². The zero-order valence-corrected chi connectivity index (χ0v) is 12.7. The van der Waals surface area contributed by atoms with E-state index in [4.69, 9.17) is 4.74 Å². The van der Waals surface area contributed by atoms with E-state index in [2.05, 4.69) is 20.8 Å². The highest BCUT2D eigenvalue weighted by Crippen LogP contribution is 2.32. The van der Waals surface area contributed by atoms with Crippen molar-refractivity contribution in [1.82, 2.24) is 0 Å². The van der Waals surface area contributed by atoms with Gasteiger partial charge in [-0.05, 0) is 36.0 Å². The van der Waals surface area contributed by atoms with Crippen molar-refractivity contribution < 1.29 is 9.53 Å². The minimum absolute atomic E-state index is 0.268. The number of esters is 1. The zero-order valence-electron chi connectivity index (χ0n) is 12.7. The molecular formula is C17H26O2. The Balaban J connectivity index is 2.72. The van der Waals surface area contributed by atoms with Crippen LogP contribution in [0.1, 0.15) is 62.4 Å². The van der Waals surface area contributed by atoms with Gasteiger partial charge in [-0.1, -0.05) is 52.2 Å². The van der Waals surface area contributed by atoms with Crippen LogP contribution in [-0.4, -0.2) is 13.1 Å². The second-order valence-electron chi connectivity index (χ2n) is 5.63. The van der Waals surface area contributed by atoms with E-state index in [-0.39, 0.29) is 5.97 Å². The Kier molecular flexibility index (Phi) is 6.07. The number of hydrogen-bond acceptors (Lipinski definition) is 2. The Hall–Kier alpha value is -1.31. The third-order valence-corrected chi connectivity index (χ3v) is 3.99. The zero-order chi connectivity index (χ0) is 14.3. The van der Waals surface area contributed by atoms with Gasteiger partial charge in [-0.15, -0.1) is 0 Å². The summed E-state index contributed by atoms with van der Waals surface area (Å²) in [5.74, 6) is -0.268. The largest absolute Gasteiger partial charge is 0.465 e. The number of rotatable bonds is 7. The molecule has 0 aliphatic rings. The second-order valence-corrected chi connectivity index (χ2v) is 5.63. The molecule has 19 heavy (non-hydrogen) atoms. The van der Waals surface area contributed by atoms with Gasteiger partial charge in [0.1, 0.15) is 0 Å². The van der Waals surface area contributed by atoms with E-state index in [9.17, 15) is 4.79 Å². The lowest BCUT2D eigenvalue weighted by molar-refractivity contribution is 0.0600. The molecular weight excluding hydrogens is 236 g/mol. The van der Waals surface area contributed by atoms with Crippen LogP contribution in [0, 0.1) is 5.41 Å². The summed E-state index contributed by atoms with van der Waals surface area (Å²) < 4.78 is 4.71. The predicted molar refractivity (Wildman–Crippen MR) is 79.4 cm³/mol. The van der Waals surface area contributed by atoms with E-state index < -0.39 is 0 Å². The molecule has 2 heteroatoms. The Labute approximate surface area is 117 Å². The van der Waals surface area contributed by atoms with Gasteiger partial charge in [-0.25, -0.2) is 4.79 Å². The van der Waals surface area contributed by atoms with Crippen LogP contribution in [0.15, 0.2) is 24.3 Å². The van der Waals surface area contributed by atoms with Crippen LogP contribution < -0.4 is 0 Å². The number of carbonyl (C=O) groups excluding carboxylic acids is 1. The molecule has 0 heterocycles. The highest BCUT2D eigenvalue weighted by atomic mass is 16.5. The summed E-state index contributed by atoms with van der Waals surface area (Å²) in [6, 6.07) is 7.81. The smallest absolute Gasteiger partial charge is 0.337 e. The van der Waals surface area contributed by atoms with Crippen LogP contribution in [0.25, 0.3) is 0 Å². The molecule has 1 atom stereocenters. The molecule has 0 radical (unpaired) electrons. The van der Waals surface area contributed by atoms with Crippen molar-refractivity contribution in [2.75, 3.05) is 7.11 Å². The minimum Gasteiger partial charge on any atom is -0.465 e. The molecule has 0 saturated carbocycles. The molecule has 0 aromatic heterocycles. The topological polar surface area (TPSA) is 26.3 Å². The average molecular weight is 262 g/mol. The molecule has 0 amide bonds. The summed E-state index contributed by atoms with van der Waals surface area (Å²) in [7, 11) is 1.41. The van der Waals surface area contributed by atoms with Crippen molar-refractivity contribution in [1.29, 1.82) is 0 Å². The summed E-state index contributed by atoms with van der Waals surface area (Å²) >= 11 is 0. The Bertz CT molecular complexity index is 394. The molecule has 0 aliphatic carbocycles. The molecule has 0 N–H and O–H groups in total. The number of ether oxygens (including phenoxy) is 1. The first-order chi connectivity index (χ1) is 9.04. The fourth-order valence-corrected chi connectivity index (χ4v) is 2.36. The number of carbonyl (C=O) groups is 1. The monoisotopic (exact) mass is 262 g/mol. The summed E-state index contributed by atoms with van der Waals surface area (Å²) in [6.07, 6.45) is 6.05. The normalized spacial score (nSPS) is 13.9. The first-order valence-electron chi connectivity index (χ1n) is 7.22. The van der Waals surface area contributed by atoms with Gasteiger partial charge in [0.05, 0.1) is 12.7 Å². The maximum absolute atomic E-state index is 11.4. The number of unbranched alkanes of at least 4 members (excludes halogenated alkanes) is 1. The molecule has 1 aromatic rings. The third kappa shape index (κ3) is 4.70. The van der Waals surface area contributed by atoms with Crippen molar-refractivity contribution in [2.45, 2.75) is 52.9 Å². The molecule has 0 aliphatic heterocycles. The van der Waals surface area contributed by atoms with Crippen molar-refractivity contribution >= 4 is 5.97 Å². The molecule has 2 nitrogen and oxygen atoms in total. The molecule has 0 saturated heterocycles. The van der Waals surface area contributed by atoms with E-state index in [1.54, 1.807) is 0 Å². The quantitative estimate of drug-likeness (QED) is 0.670. The van der Waals surface area contributed by atoms with Gasteiger partial charge >= 0.3 is 5.97 Å². The highest BCUT2D eigenvalue weighted by molar-refractivity contribution is 5.89. The second kappa shape index (κ2) is 7.32. The van der Waals surface area contributed by atoms with E-state index in [0.29, 0.717) is 11.0 Å². The van der Waals surface area contributed by atoms with Crippen molar-refractivity contribution in [3.63, 3.8) is 0 Å². The first kappa shape index (κ1) is 15.7. The summed E-state index contributed by atoms with van der Waals surface area (Å²) in [5, 5.41) is 0. The maximum Gasteiger partial charge on any atom is 0.337 e. The van der Waals surface area contributed by atoms with Crippen LogP contribution >= 0.6 is 0 Å². The third-order valence-electron chi connectivity index (χ3n) is 3.99. The van der Waals surface area contributed by atoms with Crippen LogP contribution in [0.4, 0.5) is 0 Å². The van der Waals surface area contributed by atoms with Crippen molar-refractivity contribution in [3.05, 3.63) is 35.4 Å². The fraction of sp³-hybridized carbons (Fsp3) is 0.588. The molecule has 1 aromatic carbocycles. The molecule has 1 unspecified atom stereocenters. The standard InChI is InChI=1S/C17H26O2/c1-5-7-12-17(3,6-2)13-14-8-10-15(11-9-14)16(18)19-4/h8-11H,5-7,12-13H2,1-4H3. The van der Waals surface area contributed by atoms with Crippen LogP contribution in [0.3, 0.4) is 0 Å². The van der Waals surface area contributed by atoms with Gasteiger partial charge in [-0.2, -0.15) is 0 Å². The minimum atomic E-state index is -0.268. The van der Waals surface area contributed by atoms with Crippen molar-refractivity contribution in [3.8, 4) is 0 Å². The number of methoxy groups -OCH3 is 1. The SMILES string of the molecule is CCCCC(C)(CC)Cc1ccc(C(=O)OC)cc1. The Morgan fingerprint density at radius 1 is 1.21 bits per heavy atom. The van der Waals surface area contributed by atoms with Gasteiger partial charge in [-0.3, -0.25) is 0 Å². The molecule has 106 valence electrons. The Morgan fingerprint density at radius 3 is 2.32 bits per heavy atom. The van der Waals surface area contributed by atoms with Crippen LogP contribution in [0.2, 0.25) is 0 Å². The number of hydrogen-bond donors (Lipinski definition) is 0. The highest BCUT2D eigenvalue weighted by Gasteiger charge is 2.21. The van der Waals surface area contributed by atoms with Gasteiger partial charge < -0.3 is 4.74 Å². The van der Waals surface area contributed by atoms with E-state index in [1.807, 2.05) is 24.3 Å². The van der Waals surface area contributed by atoms with E-state index in [1.165, 1.54) is 38.4 Å². The summed E-state index contributed by atoms with van der Waals surface area (Å²) in [5.41, 5.74) is 2.29. The first-order valence-corrected chi connectivity index (χ1v) is 7.22.